The van der Waals surface area contributed by atoms with Crippen LogP contribution >= 0.6 is 0 Å². The molecule has 0 unspecified atom stereocenters. The van der Waals surface area contributed by atoms with Crippen molar-refractivity contribution in [1.82, 2.24) is 14.5 Å². The lowest BCUT2D eigenvalue weighted by Crippen LogP contribution is -2.14. The van der Waals surface area contributed by atoms with E-state index in [0.29, 0.717) is 16.7 Å². The van der Waals surface area contributed by atoms with E-state index in [-0.39, 0.29) is 12.3 Å². The van der Waals surface area contributed by atoms with Gasteiger partial charge in [0, 0.05) is 18.8 Å². The number of aryl methyl sites for hydroxylation is 2. The number of pyridine rings is 1. The Morgan fingerprint density at radius 1 is 1.60 bits per heavy atom. The average Bonchev–Trinajstić information content (AvgIpc) is 2.54. The highest BCUT2D eigenvalue weighted by Crippen LogP contribution is 2.16. The summed E-state index contributed by atoms with van der Waals surface area (Å²) >= 11 is 0. The van der Waals surface area contributed by atoms with E-state index in [2.05, 4.69) is 9.97 Å². The topological polar surface area (TPSA) is 73.8 Å². The van der Waals surface area contributed by atoms with Crippen molar-refractivity contribution < 1.29 is 4.79 Å². The van der Waals surface area contributed by atoms with Crippen LogP contribution < -0.4 is 5.73 Å². The number of Topliss-reactive ketones (excluding diaryl/α,β-unsaturated/α-hetero) is 1. The molecule has 0 aromatic carbocycles. The van der Waals surface area contributed by atoms with Crippen molar-refractivity contribution in [3.05, 3.63) is 23.7 Å². The molecule has 0 aliphatic rings. The molecule has 2 rings (SSSR count). The van der Waals surface area contributed by atoms with E-state index in [1.165, 1.54) is 0 Å². The second-order valence-electron chi connectivity index (χ2n) is 3.38. The van der Waals surface area contributed by atoms with Crippen LogP contribution in [0.5, 0.6) is 0 Å². The zero-order valence-corrected chi connectivity index (χ0v) is 8.69. The van der Waals surface area contributed by atoms with Gasteiger partial charge in [-0.1, -0.05) is 0 Å². The number of carbonyl (C=O) groups excluding carboxylic acids is 1. The highest BCUT2D eigenvalue weighted by Gasteiger charge is 2.13. The zero-order chi connectivity index (χ0) is 11.0. The molecule has 0 spiro atoms. The molecule has 0 atom stereocenters. The summed E-state index contributed by atoms with van der Waals surface area (Å²) in [6, 6.07) is 1.66. The zero-order valence-electron chi connectivity index (χ0n) is 8.69. The standard InChI is InChI=1S/C10H12N4O/c1-6-13-9-7(8(15)5-11)3-4-12-10(9)14(6)2/h3-4H,5,11H2,1-2H3. The summed E-state index contributed by atoms with van der Waals surface area (Å²) in [5.41, 5.74) is 7.23. The van der Waals surface area contributed by atoms with E-state index >= 15 is 0 Å². The first kappa shape index (κ1) is 9.79. The van der Waals surface area contributed by atoms with Gasteiger partial charge in [-0.15, -0.1) is 0 Å². The molecule has 2 N–H and O–H groups in total. The molecule has 5 heteroatoms. The smallest absolute Gasteiger partial charge is 0.178 e. The fourth-order valence-corrected chi connectivity index (χ4v) is 1.52. The van der Waals surface area contributed by atoms with Crippen LogP contribution in [0.3, 0.4) is 0 Å². The maximum Gasteiger partial charge on any atom is 0.178 e. The number of nitrogens with zero attached hydrogens (tertiary/aromatic N) is 3. The molecule has 15 heavy (non-hydrogen) atoms. The van der Waals surface area contributed by atoms with Gasteiger partial charge in [0.05, 0.1) is 6.54 Å². The summed E-state index contributed by atoms with van der Waals surface area (Å²) in [4.78, 5) is 20.0. The van der Waals surface area contributed by atoms with Crippen LogP contribution in [0.2, 0.25) is 0 Å². The molecule has 2 heterocycles. The van der Waals surface area contributed by atoms with Crippen molar-refractivity contribution in [3.63, 3.8) is 0 Å². The van der Waals surface area contributed by atoms with E-state index in [0.717, 1.165) is 5.82 Å². The van der Waals surface area contributed by atoms with Gasteiger partial charge in [-0.2, -0.15) is 0 Å². The second kappa shape index (κ2) is 3.43. The van der Waals surface area contributed by atoms with Gasteiger partial charge < -0.3 is 10.3 Å². The molecule has 5 nitrogen and oxygen atoms in total. The largest absolute Gasteiger partial charge is 0.324 e. The number of hydrogen-bond donors (Lipinski definition) is 1. The third-order valence-electron chi connectivity index (χ3n) is 2.47. The molecule has 2 aromatic rings. The molecule has 78 valence electrons. The van der Waals surface area contributed by atoms with Crippen LogP contribution in [0.1, 0.15) is 16.2 Å². The first-order valence-corrected chi connectivity index (χ1v) is 4.66. The van der Waals surface area contributed by atoms with E-state index < -0.39 is 0 Å². The Labute approximate surface area is 86.9 Å². The highest BCUT2D eigenvalue weighted by atomic mass is 16.1. The summed E-state index contributed by atoms with van der Waals surface area (Å²) in [5, 5.41) is 0. The van der Waals surface area contributed by atoms with Gasteiger partial charge in [0.2, 0.25) is 0 Å². The third-order valence-corrected chi connectivity index (χ3v) is 2.47. The van der Waals surface area contributed by atoms with Gasteiger partial charge >= 0.3 is 0 Å². The molecular formula is C10H12N4O. The summed E-state index contributed by atoms with van der Waals surface area (Å²) in [6.45, 7) is 1.87. The molecule has 0 saturated carbocycles. The maximum absolute atomic E-state index is 11.5. The third kappa shape index (κ3) is 1.41. The van der Waals surface area contributed by atoms with E-state index in [1.807, 2.05) is 18.5 Å². The van der Waals surface area contributed by atoms with Crippen molar-refractivity contribution in [3.8, 4) is 0 Å². The SMILES string of the molecule is Cc1nc2c(C(=O)CN)ccnc2n1C. The number of ketones is 1. The Bertz CT molecular complexity index is 529. The predicted molar refractivity (Wildman–Crippen MR) is 56.6 cm³/mol. The fraction of sp³-hybridized carbons (Fsp3) is 0.300. The van der Waals surface area contributed by atoms with Gasteiger partial charge in [0.1, 0.15) is 11.3 Å². The Hall–Kier alpha value is -1.75. The van der Waals surface area contributed by atoms with Crippen LogP contribution in [-0.2, 0) is 7.05 Å². The van der Waals surface area contributed by atoms with Gasteiger partial charge in [-0.3, -0.25) is 4.79 Å². The molecule has 0 amide bonds. The minimum absolute atomic E-state index is 0.00522. The van der Waals surface area contributed by atoms with Gasteiger partial charge in [0.25, 0.3) is 0 Å². The monoisotopic (exact) mass is 204 g/mol. The Morgan fingerprint density at radius 3 is 3.00 bits per heavy atom. The predicted octanol–water partition coefficient (Wildman–Crippen LogP) is 0.418. The number of hydrogen-bond acceptors (Lipinski definition) is 4. The lowest BCUT2D eigenvalue weighted by Gasteiger charge is -1.98. The summed E-state index contributed by atoms with van der Waals surface area (Å²) in [6.07, 6.45) is 1.60. The highest BCUT2D eigenvalue weighted by molar-refractivity contribution is 6.06. The Balaban J connectivity index is 2.77. The molecule has 0 fully saturated rings. The van der Waals surface area contributed by atoms with Crippen molar-refractivity contribution >= 4 is 16.9 Å². The number of imidazole rings is 1. The van der Waals surface area contributed by atoms with Crippen molar-refractivity contribution in [2.75, 3.05) is 6.54 Å². The number of aromatic nitrogens is 3. The molecule has 0 radical (unpaired) electrons. The lowest BCUT2D eigenvalue weighted by molar-refractivity contribution is 0.100. The first-order valence-electron chi connectivity index (χ1n) is 4.66. The van der Waals surface area contributed by atoms with Crippen LogP contribution in [-0.4, -0.2) is 26.9 Å². The van der Waals surface area contributed by atoms with Gasteiger partial charge in [-0.05, 0) is 13.0 Å². The van der Waals surface area contributed by atoms with Crippen LogP contribution in [0, 0.1) is 6.92 Å². The lowest BCUT2D eigenvalue weighted by atomic mass is 10.1. The van der Waals surface area contributed by atoms with E-state index in [9.17, 15) is 4.79 Å². The average molecular weight is 204 g/mol. The summed E-state index contributed by atoms with van der Waals surface area (Å²) < 4.78 is 1.85. The molecule has 2 aromatic heterocycles. The molecule has 0 bridgehead atoms. The summed E-state index contributed by atoms with van der Waals surface area (Å²) in [7, 11) is 1.87. The van der Waals surface area contributed by atoms with Crippen LogP contribution in [0.4, 0.5) is 0 Å². The van der Waals surface area contributed by atoms with Crippen LogP contribution in [0.25, 0.3) is 11.2 Å². The first-order chi connectivity index (χ1) is 7.15. The van der Waals surface area contributed by atoms with Crippen molar-refractivity contribution in [1.29, 1.82) is 0 Å². The second-order valence-corrected chi connectivity index (χ2v) is 3.38. The molecule has 0 aliphatic heterocycles. The minimum atomic E-state index is -0.111. The van der Waals surface area contributed by atoms with Crippen LogP contribution in [0.15, 0.2) is 12.3 Å². The number of carbonyl (C=O) groups is 1. The summed E-state index contributed by atoms with van der Waals surface area (Å²) in [5.74, 6) is 0.718. The van der Waals surface area contributed by atoms with Gasteiger partial charge in [-0.25, -0.2) is 9.97 Å². The molecular weight excluding hydrogens is 192 g/mol. The minimum Gasteiger partial charge on any atom is -0.324 e. The van der Waals surface area contributed by atoms with Crippen molar-refractivity contribution in [2.24, 2.45) is 12.8 Å². The fourth-order valence-electron chi connectivity index (χ4n) is 1.52. The molecule has 0 saturated heterocycles. The maximum atomic E-state index is 11.5. The van der Waals surface area contributed by atoms with Crippen molar-refractivity contribution in [2.45, 2.75) is 6.92 Å². The van der Waals surface area contributed by atoms with E-state index in [1.54, 1.807) is 12.3 Å². The Kier molecular flexibility index (Phi) is 2.24. The quantitative estimate of drug-likeness (QED) is 0.719. The number of fused-ring (bicyclic) bond motifs is 1. The number of rotatable bonds is 2. The van der Waals surface area contributed by atoms with E-state index in [4.69, 9.17) is 5.73 Å². The normalized spacial score (nSPS) is 10.9. The number of nitrogens with two attached hydrogens (primary N) is 1. The Morgan fingerprint density at radius 2 is 2.33 bits per heavy atom. The molecule has 0 aliphatic carbocycles. The van der Waals surface area contributed by atoms with Gasteiger partial charge in [0.15, 0.2) is 11.4 Å².